The highest BCUT2D eigenvalue weighted by Crippen LogP contribution is 2.37. The van der Waals surface area contributed by atoms with Crippen LogP contribution < -0.4 is 16.1 Å². The van der Waals surface area contributed by atoms with Crippen LogP contribution in [0.3, 0.4) is 0 Å². The molecule has 0 aliphatic carbocycles. The molecule has 1 aromatic rings. The van der Waals surface area contributed by atoms with Gasteiger partial charge in [-0.1, -0.05) is 0 Å². The van der Waals surface area contributed by atoms with E-state index in [1.807, 2.05) is 0 Å². The van der Waals surface area contributed by atoms with E-state index in [1.54, 1.807) is 19.0 Å². The van der Waals surface area contributed by atoms with Crippen molar-refractivity contribution >= 4 is 5.69 Å². The fraction of sp³-hybridized carbons (Fsp3) is 0.571. The van der Waals surface area contributed by atoms with Gasteiger partial charge in [0, 0.05) is 26.7 Å². The number of terminal acetylenes is 1. The van der Waals surface area contributed by atoms with Crippen LogP contribution in [0.25, 0.3) is 0 Å². The fourth-order valence-corrected chi connectivity index (χ4v) is 2.62. The van der Waals surface area contributed by atoms with Gasteiger partial charge in [-0.25, -0.2) is 4.79 Å². The van der Waals surface area contributed by atoms with Crippen LogP contribution >= 0.6 is 0 Å². The minimum Gasteiger partial charge on any atom is -0.394 e. The van der Waals surface area contributed by atoms with Crippen LogP contribution in [0, 0.1) is 12.3 Å². The summed E-state index contributed by atoms with van der Waals surface area (Å²) in [7, 11) is 3.32. The molecule has 3 atom stereocenters. The standard InChI is InChI=1S/C14H19N3O5/c1-4-5-14(6-10(19)11(8-18)22-14)17-7-9(16(2)3)12(20)15-13(17)21/h1,7,10-11,18-19H,5-6,8H2,2-3H3,(H,15,20,21)/t10-,11+,14+/m0/s1. The first-order valence-electron chi connectivity index (χ1n) is 6.78. The topological polar surface area (TPSA) is 108 Å². The van der Waals surface area contributed by atoms with Crippen LogP contribution in [0.5, 0.6) is 0 Å². The molecular formula is C14H19N3O5. The van der Waals surface area contributed by atoms with Crippen LogP contribution in [-0.2, 0) is 10.5 Å². The Kier molecular flexibility index (Phi) is 4.42. The Hall–Kier alpha value is -2.08. The lowest BCUT2D eigenvalue weighted by Crippen LogP contribution is -2.45. The molecular weight excluding hydrogens is 290 g/mol. The second-order valence-electron chi connectivity index (χ2n) is 5.48. The third-order valence-electron chi connectivity index (χ3n) is 3.73. The molecule has 1 aliphatic rings. The Labute approximate surface area is 127 Å². The zero-order chi connectivity index (χ0) is 16.5. The number of aliphatic hydroxyl groups excluding tert-OH is 2. The molecule has 1 fully saturated rings. The second kappa shape index (κ2) is 5.96. The zero-order valence-electron chi connectivity index (χ0n) is 12.4. The van der Waals surface area contributed by atoms with Crippen LogP contribution in [0.2, 0.25) is 0 Å². The van der Waals surface area contributed by atoms with Crippen molar-refractivity contribution in [2.75, 3.05) is 25.6 Å². The Balaban J connectivity index is 2.60. The number of nitrogens with zero attached hydrogens (tertiary/aromatic N) is 2. The van der Waals surface area contributed by atoms with Gasteiger partial charge in [-0.3, -0.25) is 14.3 Å². The van der Waals surface area contributed by atoms with Gasteiger partial charge in [0.15, 0.2) is 5.72 Å². The van der Waals surface area contributed by atoms with E-state index in [-0.39, 0.29) is 18.5 Å². The maximum Gasteiger partial charge on any atom is 0.330 e. The van der Waals surface area contributed by atoms with Crippen molar-refractivity contribution in [3.8, 4) is 12.3 Å². The predicted octanol–water partition coefficient (Wildman–Crippen LogP) is -1.58. The molecule has 0 unspecified atom stereocenters. The van der Waals surface area contributed by atoms with Crippen LogP contribution in [0.15, 0.2) is 15.8 Å². The molecule has 3 N–H and O–H groups in total. The van der Waals surface area contributed by atoms with Crippen LogP contribution in [0.4, 0.5) is 5.69 Å². The molecule has 2 heterocycles. The van der Waals surface area contributed by atoms with Gasteiger partial charge in [0.2, 0.25) is 0 Å². The molecule has 0 saturated carbocycles. The van der Waals surface area contributed by atoms with E-state index >= 15 is 0 Å². The highest BCUT2D eigenvalue weighted by molar-refractivity contribution is 5.39. The van der Waals surface area contributed by atoms with Gasteiger partial charge < -0.3 is 19.8 Å². The van der Waals surface area contributed by atoms with Gasteiger partial charge in [-0.15, -0.1) is 12.3 Å². The zero-order valence-corrected chi connectivity index (χ0v) is 12.4. The average Bonchev–Trinajstić information content (AvgIpc) is 2.75. The minimum absolute atomic E-state index is 0.0133. The van der Waals surface area contributed by atoms with Gasteiger partial charge in [-0.2, -0.15) is 0 Å². The van der Waals surface area contributed by atoms with E-state index in [9.17, 15) is 19.8 Å². The maximum absolute atomic E-state index is 12.2. The van der Waals surface area contributed by atoms with Crippen molar-refractivity contribution in [3.63, 3.8) is 0 Å². The van der Waals surface area contributed by atoms with Crippen molar-refractivity contribution in [2.24, 2.45) is 0 Å². The third-order valence-corrected chi connectivity index (χ3v) is 3.73. The molecule has 0 bridgehead atoms. The van der Waals surface area contributed by atoms with Crippen molar-refractivity contribution in [1.29, 1.82) is 0 Å². The first-order chi connectivity index (χ1) is 10.3. The molecule has 120 valence electrons. The molecule has 0 spiro atoms. The normalized spacial score (nSPS) is 27.6. The van der Waals surface area contributed by atoms with E-state index in [4.69, 9.17) is 11.2 Å². The summed E-state index contributed by atoms with van der Waals surface area (Å²) in [6.07, 6.45) is 4.98. The molecule has 1 aliphatic heterocycles. The molecule has 0 amide bonds. The first-order valence-corrected chi connectivity index (χ1v) is 6.78. The smallest absolute Gasteiger partial charge is 0.330 e. The first kappa shape index (κ1) is 16.3. The van der Waals surface area contributed by atoms with Gasteiger partial charge in [0.25, 0.3) is 5.56 Å². The summed E-state index contributed by atoms with van der Waals surface area (Å²) in [5.74, 6) is 2.42. The molecule has 1 saturated heterocycles. The summed E-state index contributed by atoms with van der Waals surface area (Å²) in [4.78, 5) is 27.8. The van der Waals surface area contributed by atoms with Gasteiger partial charge in [0.05, 0.1) is 19.1 Å². The summed E-state index contributed by atoms with van der Waals surface area (Å²) in [5.41, 5.74) is -2.26. The van der Waals surface area contributed by atoms with Crippen LogP contribution in [-0.4, -0.2) is 52.7 Å². The number of hydrogen-bond acceptors (Lipinski definition) is 6. The number of rotatable bonds is 4. The fourth-order valence-electron chi connectivity index (χ4n) is 2.62. The summed E-state index contributed by atoms with van der Waals surface area (Å²) >= 11 is 0. The minimum atomic E-state index is -1.30. The molecule has 8 heteroatoms. The Bertz CT molecular complexity index is 702. The highest BCUT2D eigenvalue weighted by atomic mass is 16.6. The Morgan fingerprint density at radius 2 is 2.27 bits per heavy atom. The van der Waals surface area contributed by atoms with E-state index < -0.39 is 35.8 Å². The van der Waals surface area contributed by atoms with Gasteiger partial charge in [-0.05, 0) is 0 Å². The summed E-state index contributed by atoms with van der Waals surface area (Å²) in [6, 6.07) is 0. The maximum atomic E-state index is 12.2. The van der Waals surface area contributed by atoms with Gasteiger partial charge >= 0.3 is 5.69 Å². The van der Waals surface area contributed by atoms with Crippen molar-refractivity contribution < 1.29 is 14.9 Å². The molecule has 8 nitrogen and oxygen atoms in total. The highest BCUT2D eigenvalue weighted by Gasteiger charge is 2.47. The molecule has 22 heavy (non-hydrogen) atoms. The number of H-pyrrole nitrogens is 1. The van der Waals surface area contributed by atoms with E-state index in [1.165, 1.54) is 10.8 Å². The number of anilines is 1. The van der Waals surface area contributed by atoms with Crippen LogP contribution in [0.1, 0.15) is 12.8 Å². The van der Waals surface area contributed by atoms with E-state index in [0.717, 1.165) is 0 Å². The monoisotopic (exact) mass is 309 g/mol. The lowest BCUT2D eigenvalue weighted by atomic mass is 10.0. The third kappa shape index (κ3) is 2.66. The largest absolute Gasteiger partial charge is 0.394 e. The van der Waals surface area contributed by atoms with Crippen molar-refractivity contribution in [3.05, 3.63) is 27.0 Å². The van der Waals surface area contributed by atoms with Crippen molar-refractivity contribution in [2.45, 2.75) is 30.8 Å². The second-order valence-corrected chi connectivity index (χ2v) is 5.48. The number of hydrogen-bond donors (Lipinski definition) is 3. The Morgan fingerprint density at radius 1 is 1.59 bits per heavy atom. The molecule has 0 aromatic carbocycles. The number of nitrogens with one attached hydrogen (secondary N) is 1. The number of ether oxygens (including phenoxy) is 1. The lowest BCUT2D eigenvalue weighted by Gasteiger charge is -2.30. The number of aromatic amines is 1. The van der Waals surface area contributed by atoms with E-state index in [2.05, 4.69) is 10.9 Å². The summed E-state index contributed by atoms with van der Waals surface area (Å²) in [6.45, 7) is -0.397. The number of aromatic nitrogens is 2. The lowest BCUT2D eigenvalue weighted by molar-refractivity contribution is -0.116. The van der Waals surface area contributed by atoms with Gasteiger partial charge in [0.1, 0.15) is 11.8 Å². The predicted molar refractivity (Wildman–Crippen MR) is 79.7 cm³/mol. The molecule has 1 aromatic heterocycles. The SMILES string of the molecule is C#CC[C@]1(n2cc(N(C)C)c(=O)[nH]c2=O)C[C@H](O)[C@@H](CO)O1. The average molecular weight is 309 g/mol. The number of aliphatic hydroxyl groups is 2. The quantitative estimate of drug-likeness (QED) is 0.580. The van der Waals surface area contributed by atoms with E-state index in [0.29, 0.717) is 0 Å². The molecule has 0 radical (unpaired) electrons. The summed E-state index contributed by atoms with van der Waals surface area (Å²) < 4.78 is 6.86. The Morgan fingerprint density at radius 3 is 2.77 bits per heavy atom. The summed E-state index contributed by atoms with van der Waals surface area (Å²) in [5, 5.41) is 19.2. The van der Waals surface area contributed by atoms with Crippen molar-refractivity contribution in [1.82, 2.24) is 9.55 Å². The molecule has 2 rings (SSSR count).